The molecule has 0 aromatic heterocycles. The van der Waals surface area contributed by atoms with Gasteiger partial charge in [-0.1, -0.05) is 6.92 Å². The number of nitrogens with one attached hydrogen (secondary N) is 1. The summed E-state index contributed by atoms with van der Waals surface area (Å²) >= 11 is 0. The predicted octanol–water partition coefficient (Wildman–Crippen LogP) is 0.667. The second kappa shape index (κ2) is 3.21. The summed E-state index contributed by atoms with van der Waals surface area (Å²) in [7, 11) is 0. The molecule has 2 atom stereocenters. The van der Waals surface area contributed by atoms with E-state index in [2.05, 4.69) is 11.4 Å². The lowest BCUT2D eigenvalue weighted by Gasteiger charge is -2.18. The van der Waals surface area contributed by atoms with Gasteiger partial charge in [-0.05, 0) is 13.5 Å². The highest BCUT2D eigenvalue weighted by Gasteiger charge is 2.37. The van der Waals surface area contributed by atoms with Crippen LogP contribution in [0.25, 0.3) is 0 Å². The molecule has 1 rings (SSSR count). The maximum atomic E-state index is 8.87. The molecule has 1 heterocycles. The van der Waals surface area contributed by atoms with Crippen LogP contribution in [-0.4, -0.2) is 24.8 Å². The fourth-order valence-corrected chi connectivity index (χ4v) is 1.47. The Morgan fingerprint density at radius 1 is 1.82 bits per heavy atom. The minimum absolute atomic E-state index is 0.216. The Balaban J connectivity index is 2.57. The van der Waals surface area contributed by atoms with Gasteiger partial charge in [-0.15, -0.1) is 0 Å². The largest absolute Gasteiger partial charge is 0.375 e. The lowest BCUT2D eigenvalue weighted by Crippen LogP contribution is -2.44. The van der Waals surface area contributed by atoms with E-state index in [1.165, 1.54) is 0 Å². The molecule has 1 saturated heterocycles. The smallest absolute Gasteiger partial charge is 0.132 e. The Morgan fingerprint density at radius 3 is 2.91 bits per heavy atom. The monoisotopic (exact) mass is 154 g/mol. The first-order chi connectivity index (χ1) is 5.22. The highest BCUT2D eigenvalue weighted by atomic mass is 16.5. The van der Waals surface area contributed by atoms with E-state index in [9.17, 15) is 0 Å². The summed E-state index contributed by atoms with van der Waals surface area (Å²) in [4.78, 5) is 0. The van der Waals surface area contributed by atoms with Crippen LogP contribution in [0.3, 0.4) is 0 Å². The third-order valence-corrected chi connectivity index (χ3v) is 1.98. The lowest BCUT2D eigenvalue weighted by molar-refractivity contribution is 0.118. The quantitative estimate of drug-likeness (QED) is 0.635. The van der Waals surface area contributed by atoms with Crippen LogP contribution in [0.5, 0.6) is 0 Å². The normalized spacial score (nSPS) is 37.0. The second-order valence-electron chi connectivity index (χ2n) is 3.05. The standard InChI is InChI=1S/C8H14N2O/c1-3-10-8(5-9)4-7(2)11-6-8/h7,10H,3-4,6H2,1-2H3. The molecule has 0 bridgehead atoms. The zero-order valence-corrected chi connectivity index (χ0v) is 7.05. The fourth-order valence-electron chi connectivity index (χ4n) is 1.47. The molecule has 0 saturated carbocycles. The molecule has 0 aliphatic carbocycles. The summed E-state index contributed by atoms with van der Waals surface area (Å²) in [6.45, 7) is 5.35. The predicted molar refractivity (Wildman–Crippen MR) is 42.1 cm³/mol. The van der Waals surface area contributed by atoms with E-state index in [-0.39, 0.29) is 6.10 Å². The number of rotatable bonds is 2. The number of hydrogen-bond acceptors (Lipinski definition) is 3. The molecule has 1 aliphatic rings. The topological polar surface area (TPSA) is 45.0 Å². The van der Waals surface area contributed by atoms with E-state index in [0.29, 0.717) is 6.61 Å². The van der Waals surface area contributed by atoms with Gasteiger partial charge in [0.25, 0.3) is 0 Å². The Labute approximate surface area is 67.3 Å². The van der Waals surface area contributed by atoms with E-state index >= 15 is 0 Å². The molecule has 0 amide bonds. The summed E-state index contributed by atoms with van der Waals surface area (Å²) in [6.07, 6.45) is 1.02. The molecule has 11 heavy (non-hydrogen) atoms. The molecule has 1 N–H and O–H groups in total. The van der Waals surface area contributed by atoms with Gasteiger partial charge in [-0.25, -0.2) is 0 Å². The molecule has 3 heteroatoms. The Morgan fingerprint density at radius 2 is 2.55 bits per heavy atom. The van der Waals surface area contributed by atoms with Crippen LogP contribution < -0.4 is 5.32 Å². The van der Waals surface area contributed by atoms with Crippen molar-refractivity contribution in [3.8, 4) is 6.07 Å². The van der Waals surface area contributed by atoms with E-state index < -0.39 is 5.54 Å². The molecule has 0 aromatic rings. The van der Waals surface area contributed by atoms with E-state index in [0.717, 1.165) is 13.0 Å². The number of nitrogens with zero attached hydrogens (tertiary/aromatic N) is 1. The molecular formula is C8H14N2O. The zero-order valence-electron chi connectivity index (χ0n) is 7.05. The van der Waals surface area contributed by atoms with Gasteiger partial charge >= 0.3 is 0 Å². The maximum absolute atomic E-state index is 8.87. The fraction of sp³-hybridized carbons (Fsp3) is 0.875. The van der Waals surface area contributed by atoms with E-state index in [1.54, 1.807) is 0 Å². The molecule has 1 fully saturated rings. The van der Waals surface area contributed by atoms with Crippen molar-refractivity contribution >= 4 is 0 Å². The number of likely N-dealkylation sites (N-methyl/N-ethyl adjacent to an activating group) is 1. The zero-order chi connectivity index (χ0) is 8.32. The second-order valence-corrected chi connectivity index (χ2v) is 3.05. The first kappa shape index (κ1) is 8.51. The Hall–Kier alpha value is -0.590. The minimum atomic E-state index is -0.409. The molecule has 2 unspecified atom stereocenters. The summed E-state index contributed by atoms with van der Waals surface area (Å²) in [5, 5.41) is 12.0. The summed E-state index contributed by atoms with van der Waals surface area (Å²) < 4.78 is 5.33. The number of nitriles is 1. The van der Waals surface area contributed by atoms with E-state index in [4.69, 9.17) is 10.00 Å². The summed E-state index contributed by atoms with van der Waals surface area (Å²) in [5.74, 6) is 0. The van der Waals surface area contributed by atoms with Crippen molar-refractivity contribution in [2.24, 2.45) is 0 Å². The van der Waals surface area contributed by atoms with Crippen LogP contribution in [0.15, 0.2) is 0 Å². The van der Waals surface area contributed by atoms with Crippen molar-refractivity contribution < 1.29 is 4.74 Å². The Bertz CT molecular complexity index is 171. The number of ether oxygens (including phenoxy) is 1. The molecule has 3 nitrogen and oxygen atoms in total. The summed E-state index contributed by atoms with van der Waals surface area (Å²) in [5.41, 5.74) is -0.409. The minimum Gasteiger partial charge on any atom is -0.375 e. The molecule has 0 radical (unpaired) electrons. The third-order valence-electron chi connectivity index (χ3n) is 1.98. The molecule has 0 aromatic carbocycles. The van der Waals surface area contributed by atoms with Gasteiger partial charge in [-0.2, -0.15) is 5.26 Å². The number of hydrogen-bond donors (Lipinski definition) is 1. The van der Waals surface area contributed by atoms with Crippen LogP contribution in [0.2, 0.25) is 0 Å². The van der Waals surface area contributed by atoms with Gasteiger partial charge in [0.1, 0.15) is 5.54 Å². The molecular weight excluding hydrogens is 140 g/mol. The van der Waals surface area contributed by atoms with Crippen molar-refractivity contribution in [2.75, 3.05) is 13.2 Å². The first-order valence-electron chi connectivity index (χ1n) is 4.00. The van der Waals surface area contributed by atoms with Crippen molar-refractivity contribution in [1.29, 1.82) is 5.26 Å². The molecule has 62 valence electrons. The van der Waals surface area contributed by atoms with Gasteiger partial charge in [-0.3, -0.25) is 5.32 Å². The summed E-state index contributed by atoms with van der Waals surface area (Å²) in [6, 6.07) is 2.27. The van der Waals surface area contributed by atoms with Crippen LogP contribution in [0, 0.1) is 11.3 Å². The maximum Gasteiger partial charge on any atom is 0.132 e. The lowest BCUT2D eigenvalue weighted by atomic mass is 9.98. The van der Waals surface area contributed by atoms with Gasteiger partial charge < -0.3 is 4.74 Å². The van der Waals surface area contributed by atoms with Gasteiger partial charge in [0.15, 0.2) is 0 Å². The van der Waals surface area contributed by atoms with Crippen molar-refractivity contribution in [2.45, 2.75) is 31.9 Å². The van der Waals surface area contributed by atoms with Crippen LogP contribution >= 0.6 is 0 Å². The SMILES string of the molecule is CCNC1(C#N)COC(C)C1. The van der Waals surface area contributed by atoms with Crippen molar-refractivity contribution in [1.82, 2.24) is 5.32 Å². The highest BCUT2D eigenvalue weighted by molar-refractivity contribution is 5.10. The van der Waals surface area contributed by atoms with Gasteiger partial charge in [0, 0.05) is 6.42 Å². The van der Waals surface area contributed by atoms with Crippen molar-refractivity contribution in [3.05, 3.63) is 0 Å². The van der Waals surface area contributed by atoms with Gasteiger partial charge in [0.05, 0.1) is 18.8 Å². The van der Waals surface area contributed by atoms with Crippen molar-refractivity contribution in [3.63, 3.8) is 0 Å². The average Bonchev–Trinajstić information content (AvgIpc) is 2.34. The van der Waals surface area contributed by atoms with E-state index in [1.807, 2.05) is 13.8 Å². The molecule has 0 spiro atoms. The Kier molecular flexibility index (Phi) is 2.48. The highest BCUT2D eigenvalue weighted by Crippen LogP contribution is 2.22. The van der Waals surface area contributed by atoms with Crippen LogP contribution in [0.4, 0.5) is 0 Å². The van der Waals surface area contributed by atoms with Gasteiger partial charge in [0.2, 0.25) is 0 Å². The third kappa shape index (κ3) is 1.70. The van der Waals surface area contributed by atoms with Crippen LogP contribution in [0.1, 0.15) is 20.3 Å². The first-order valence-corrected chi connectivity index (χ1v) is 4.00. The molecule has 1 aliphatic heterocycles. The van der Waals surface area contributed by atoms with Crippen LogP contribution in [-0.2, 0) is 4.74 Å². The average molecular weight is 154 g/mol.